The lowest BCUT2D eigenvalue weighted by atomic mass is 9.99. The van der Waals surface area contributed by atoms with Crippen LogP contribution >= 0.6 is 0 Å². The predicted octanol–water partition coefficient (Wildman–Crippen LogP) is 4.62. The highest BCUT2D eigenvalue weighted by Gasteiger charge is 2.31. The molecule has 0 radical (unpaired) electrons. The summed E-state index contributed by atoms with van der Waals surface area (Å²) in [5, 5.41) is 3.94. The van der Waals surface area contributed by atoms with Crippen LogP contribution in [0, 0.1) is 0 Å². The summed E-state index contributed by atoms with van der Waals surface area (Å²) in [5.74, 6) is -0.425. The van der Waals surface area contributed by atoms with Crippen molar-refractivity contribution < 1.29 is 9.59 Å². The number of anilines is 1. The first kappa shape index (κ1) is 19.1. The lowest BCUT2D eigenvalue weighted by molar-refractivity contribution is -0.120. The Morgan fingerprint density at radius 2 is 1.65 bits per heavy atom. The molecule has 31 heavy (non-hydrogen) atoms. The van der Waals surface area contributed by atoms with Gasteiger partial charge in [0.1, 0.15) is 11.7 Å². The second kappa shape index (κ2) is 8.11. The van der Waals surface area contributed by atoms with E-state index in [1.165, 1.54) is 0 Å². The van der Waals surface area contributed by atoms with Crippen molar-refractivity contribution in [2.24, 2.45) is 0 Å². The molecule has 2 amide bonds. The molecule has 1 aliphatic rings. The molecule has 5 rings (SSSR count). The van der Waals surface area contributed by atoms with Gasteiger partial charge in [-0.2, -0.15) is 0 Å². The van der Waals surface area contributed by atoms with E-state index in [4.69, 9.17) is 0 Å². The molecule has 0 saturated carbocycles. The Labute approximate surface area is 180 Å². The number of carbonyl (C=O) groups excluding carboxylic acids is 2. The van der Waals surface area contributed by atoms with Gasteiger partial charge in [-0.05, 0) is 42.2 Å². The topological polar surface area (TPSA) is 65.2 Å². The minimum absolute atomic E-state index is 0.122. The van der Waals surface area contributed by atoms with Crippen LogP contribution in [-0.4, -0.2) is 23.3 Å². The summed E-state index contributed by atoms with van der Waals surface area (Å²) < 4.78 is 0. The number of hydrogen-bond acceptors (Lipinski definition) is 2. The van der Waals surface area contributed by atoms with E-state index >= 15 is 0 Å². The minimum atomic E-state index is -0.772. The summed E-state index contributed by atoms with van der Waals surface area (Å²) in [4.78, 5) is 31.8. The third-order valence-corrected chi connectivity index (χ3v) is 5.81. The van der Waals surface area contributed by atoms with Crippen molar-refractivity contribution in [3.63, 3.8) is 0 Å². The Hall–Kier alpha value is -3.86. The number of aromatic amines is 1. The van der Waals surface area contributed by atoms with Crippen molar-refractivity contribution in [3.05, 3.63) is 102 Å². The molecule has 1 atom stereocenters. The van der Waals surface area contributed by atoms with Gasteiger partial charge in [0.2, 0.25) is 0 Å². The standard InChI is InChI=1S/C26H23N3O2/c30-25(22-17-20-12-4-6-14-21(20)27-22)28-24(19-10-2-1-3-11-19)26(31)29-16-8-13-18-9-5-7-15-23(18)29/h1-7,9-12,14-15,17,24,27H,8,13,16H2,(H,28,30)/t24-/m0/s1. The number of carbonyl (C=O) groups is 2. The van der Waals surface area contributed by atoms with Crippen molar-refractivity contribution in [2.75, 3.05) is 11.4 Å². The lowest BCUT2D eigenvalue weighted by Gasteiger charge is -2.32. The number of nitrogens with zero attached hydrogens (tertiary/aromatic N) is 1. The molecule has 1 aliphatic heterocycles. The summed E-state index contributed by atoms with van der Waals surface area (Å²) in [6.45, 7) is 0.640. The molecule has 4 aromatic rings. The number of para-hydroxylation sites is 2. The van der Waals surface area contributed by atoms with Gasteiger partial charge >= 0.3 is 0 Å². The van der Waals surface area contributed by atoms with Crippen LogP contribution in [0.25, 0.3) is 10.9 Å². The van der Waals surface area contributed by atoms with Gasteiger partial charge in [-0.3, -0.25) is 9.59 Å². The van der Waals surface area contributed by atoms with E-state index in [-0.39, 0.29) is 11.8 Å². The van der Waals surface area contributed by atoms with Crippen molar-refractivity contribution >= 4 is 28.4 Å². The molecule has 3 aromatic carbocycles. The molecule has 1 aromatic heterocycles. The Morgan fingerprint density at radius 1 is 0.903 bits per heavy atom. The van der Waals surface area contributed by atoms with Crippen LogP contribution < -0.4 is 10.2 Å². The SMILES string of the molecule is O=C(N[C@H](C(=O)N1CCCc2ccccc21)c1ccccc1)c1cc2ccccc2[nH]1. The molecule has 0 fully saturated rings. The highest BCUT2D eigenvalue weighted by molar-refractivity contribution is 6.04. The monoisotopic (exact) mass is 409 g/mol. The molecular formula is C26H23N3O2. The number of hydrogen-bond donors (Lipinski definition) is 2. The highest BCUT2D eigenvalue weighted by Crippen LogP contribution is 2.30. The molecule has 0 aliphatic carbocycles. The third kappa shape index (κ3) is 3.70. The number of H-pyrrole nitrogens is 1. The average molecular weight is 409 g/mol. The van der Waals surface area contributed by atoms with E-state index in [9.17, 15) is 9.59 Å². The van der Waals surface area contributed by atoms with Crippen LogP contribution in [0.4, 0.5) is 5.69 Å². The molecule has 5 heteroatoms. The summed E-state index contributed by atoms with van der Waals surface area (Å²) >= 11 is 0. The van der Waals surface area contributed by atoms with Crippen LogP contribution in [-0.2, 0) is 11.2 Å². The molecule has 2 heterocycles. The van der Waals surface area contributed by atoms with Gasteiger partial charge in [0.15, 0.2) is 0 Å². The Kier molecular flexibility index (Phi) is 5.00. The van der Waals surface area contributed by atoms with Crippen LogP contribution in [0.2, 0.25) is 0 Å². The smallest absolute Gasteiger partial charge is 0.268 e. The van der Waals surface area contributed by atoms with Gasteiger partial charge in [0, 0.05) is 23.1 Å². The maximum Gasteiger partial charge on any atom is 0.268 e. The molecule has 0 saturated heterocycles. The normalized spacial score (nSPS) is 14.1. The van der Waals surface area contributed by atoms with Crippen molar-refractivity contribution in [1.82, 2.24) is 10.3 Å². The van der Waals surface area contributed by atoms with Crippen LogP contribution in [0.15, 0.2) is 84.9 Å². The van der Waals surface area contributed by atoms with E-state index in [0.29, 0.717) is 12.2 Å². The van der Waals surface area contributed by atoms with E-state index in [1.54, 1.807) is 0 Å². The maximum atomic E-state index is 13.7. The zero-order chi connectivity index (χ0) is 21.2. The first-order valence-electron chi connectivity index (χ1n) is 10.5. The fraction of sp³-hybridized carbons (Fsp3) is 0.154. The highest BCUT2D eigenvalue weighted by atomic mass is 16.2. The number of fused-ring (bicyclic) bond motifs is 2. The van der Waals surface area contributed by atoms with E-state index in [1.807, 2.05) is 83.8 Å². The molecular weight excluding hydrogens is 386 g/mol. The largest absolute Gasteiger partial charge is 0.351 e. The van der Waals surface area contributed by atoms with Crippen molar-refractivity contribution in [2.45, 2.75) is 18.9 Å². The van der Waals surface area contributed by atoms with Gasteiger partial charge in [-0.25, -0.2) is 0 Å². The molecule has 0 bridgehead atoms. The van der Waals surface area contributed by atoms with Gasteiger partial charge in [-0.1, -0.05) is 66.7 Å². The number of benzene rings is 3. The second-order valence-corrected chi connectivity index (χ2v) is 7.81. The third-order valence-electron chi connectivity index (χ3n) is 5.81. The summed E-state index contributed by atoms with van der Waals surface area (Å²) in [6.07, 6.45) is 1.86. The zero-order valence-electron chi connectivity index (χ0n) is 17.0. The fourth-order valence-corrected chi connectivity index (χ4v) is 4.26. The lowest BCUT2D eigenvalue weighted by Crippen LogP contribution is -2.45. The molecule has 0 spiro atoms. The number of nitrogens with one attached hydrogen (secondary N) is 2. The van der Waals surface area contributed by atoms with E-state index in [0.717, 1.165) is 40.6 Å². The van der Waals surface area contributed by atoms with Gasteiger partial charge in [0.05, 0.1) is 0 Å². The van der Waals surface area contributed by atoms with Gasteiger partial charge in [-0.15, -0.1) is 0 Å². The van der Waals surface area contributed by atoms with Crippen LogP contribution in [0.5, 0.6) is 0 Å². The van der Waals surface area contributed by atoms with E-state index in [2.05, 4.69) is 16.4 Å². The molecule has 154 valence electrons. The first-order valence-corrected chi connectivity index (χ1v) is 10.5. The van der Waals surface area contributed by atoms with Crippen molar-refractivity contribution in [3.8, 4) is 0 Å². The number of aryl methyl sites for hydroxylation is 1. The molecule has 0 unspecified atom stereocenters. The average Bonchev–Trinajstić information content (AvgIpc) is 3.27. The quantitative estimate of drug-likeness (QED) is 0.517. The summed E-state index contributed by atoms with van der Waals surface area (Å²) in [6, 6.07) is 26.2. The zero-order valence-corrected chi connectivity index (χ0v) is 17.0. The molecule has 2 N–H and O–H groups in total. The summed E-state index contributed by atoms with van der Waals surface area (Å²) in [7, 11) is 0. The number of rotatable bonds is 4. The summed E-state index contributed by atoms with van der Waals surface area (Å²) in [5.41, 5.74) is 4.18. The Bertz CT molecular complexity index is 1210. The Morgan fingerprint density at radius 3 is 2.48 bits per heavy atom. The molecule has 5 nitrogen and oxygen atoms in total. The van der Waals surface area contributed by atoms with Crippen LogP contribution in [0.3, 0.4) is 0 Å². The minimum Gasteiger partial charge on any atom is -0.351 e. The predicted molar refractivity (Wildman–Crippen MR) is 122 cm³/mol. The number of aromatic nitrogens is 1. The van der Waals surface area contributed by atoms with Crippen molar-refractivity contribution in [1.29, 1.82) is 0 Å². The maximum absolute atomic E-state index is 13.7. The first-order chi connectivity index (χ1) is 15.2. The number of amides is 2. The Balaban J connectivity index is 1.48. The second-order valence-electron chi connectivity index (χ2n) is 7.81. The van der Waals surface area contributed by atoms with E-state index < -0.39 is 6.04 Å². The fourth-order valence-electron chi connectivity index (χ4n) is 4.26. The van der Waals surface area contributed by atoms with Crippen LogP contribution in [0.1, 0.15) is 34.1 Å². The van der Waals surface area contributed by atoms with Gasteiger partial charge < -0.3 is 15.2 Å². The van der Waals surface area contributed by atoms with Gasteiger partial charge in [0.25, 0.3) is 11.8 Å².